The van der Waals surface area contributed by atoms with Gasteiger partial charge in [0.15, 0.2) is 0 Å². The van der Waals surface area contributed by atoms with Gasteiger partial charge >= 0.3 is 0 Å². The van der Waals surface area contributed by atoms with Gasteiger partial charge in [0.1, 0.15) is 11.9 Å². The maximum Gasteiger partial charge on any atom is 0.254 e. The van der Waals surface area contributed by atoms with E-state index in [0.717, 1.165) is 5.52 Å². The molecule has 0 saturated heterocycles. The minimum Gasteiger partial charge on any atom is -0.332 e. The van der Waals surface area contributed by atoms with Crippen molar-refractivity contribution in [3.05, 3.63) is 77.9 Å². The molecule has 0 bridgehead atoms. The Labute approximate surface area is 126 Å². The Balaban J connectivity index is 1.86. The number of aromatic nitrogens is 1. The third-order valence-electron chi connectivity index (χ3n) is 3.39. The van der Waals surface area contributed by atoms with Gasteiger partial charge in [0, 0.05) is 23.5 Å². The van der Waals surface area contributed by atoms with Gasteiger partial charge in [0.05, 0.1) is 11.6 Å². The molecule has 1 aromatic carbocycles. The molecule has 1 unspecified atom stereocenters. The van der Waals surface area contributed by atoms with E-state index in [4.69, 9.17) is 0 Å². The second kappa shape index (κ2) is 5.70. The van der Waals surface area contributed by atoms with Gasteiger partial charge in [0.2, 0.25) is 0 Å². The number of amides is 1. The number of rotatable bonds is 3. The molecule has 108 valence electrons. The Morgan fingerprint density at radius 2 is 2.00 bits per heavy atom. The molecule has 1 atom stereocenters. The van der Waals surface area contributed by atoms with Crippen LogP contribution in [0.3, 0.4) is 0 Å². The van der Waals surface area contributed by atoms with E-state index in [-0.39, 0.29) is 5.56 Å². The molecular weight excluding hydrogens is 281 g/mol. The van der Waals surface area contributed by atoms with E-state index in [0.29, 0.717) is 5.56 Å². The number of nitrogens with one attached hydrogen (secondary N) is 1. The van der Waals surface area contributed by atoms with Gasteiger partial charge < -0.3 is 9.72 Å². The Morgan fingerprint density at radius 1 is 1.23 bits per heavy atom. The number of carbonyl (C=O) groups excluding carboxylic acids is 1. The molecule has 0 aliphatic heterocycles. The van der Waals surface area contributed by atoms with Gasteiger partial charge in [0.25, 0.3) is 5.91 Å². The minimum atomic E-state index is -1.03. The van der Waals surface area contributed by atoms with Crippen molar-refractivity contribution in [2.24, 2.45) is 0 Å². The number of nitrogens with zero attached hydrogens (tertiary/aromatic N) is 2. The number of nitriles is 1. The molecular formula is C17H12FN3O. The van der Waals surface area contributed by atoms with Crippen LogP contribution in [0.15, 0.2) is 60.9 Å². The maximum absolute atomic E-state index is 13.7. The van der Waals surface area contributed by atoms with Crippen molar-refractivity contribution in [3.63, 3.8) is 0 Å². The monoisotopic (exact) mass is 293 g/mol. The smallest absolute Gasteiger partial charge is 0.254 e. The number of carbonyl (C=O) groups is 1. The molecule has 3 rings (SSSR count). The molecule has 5 heteroatoms. The zero-order valence-corrected chi connectivity index (χ0v) is 11.5. The average molecular weight is 293 g/mol. The summed E-state index contributed by atoms with van der Waals surface area (Å²) >= 11 is 0. The van der Waals surface area contributed by atoms with E-state index in [2.05, 4.69) is 5.32 Å². The van der Waals surface area contributed by atoms with E-state index in [1.807, 2.05) is 30.5 Å². The molecule has 1 amide bonds. The Bertz CT molecular complexity index is 846. The van der Waals surface area contributed by atoms with E-state index in [1.165, 1.54) is 18.2 Å². The number of hydrogen-bond donors (Lipinski definition) is 1. The van der Waals surface area contributed by atoms with Crippen LogP contribution in [0.5, 0.6) is 0 Å². The molecule has 0 fully saturated rings. The van der Waals surface area contributed by atoms with Gasteiger partial charge in [-0.25, -0.2) is 4.39 Å². The fourth-order valence-corrected chi connectivity index (χ4v) is 2.28. The van der Waals surface area contributed by atoms with Crippen molar-refractivity contribution in [2.45, 2.75) is 6.04 Å². The van der Waals surface area contributed by atoms with Crippen LogP contribution in [0.1, 0.15) is 22.0 Å². The first-order valence-electron chi connectivity index (χ1n) is 6.70. The summed E-state index contributed by atoms with van der Waals surface area (Å²) in [6, 6.07) is 14.1. The first-order chi connectivity index (χ1) is 10.7. The quantitative estimate of drug-likeness (QED) is 0.806. The number of fused-ring (bicyclic) bond motifs is 1. The third-order valence-corrected chi connectivity index (χ3v) is 3.39. The van der Waals surface area contributed by atoms with Crippen LogP contribution >= 0.6 is 0 Å². The molecule has 0 aliphatic rings. The predicted molar refractivity (Wildman–Crippen MR) is 79.6 cm³/mol. The van der Waals surface area contributed by atoms with Crippen LogP contribution in [0.25, 0.3) is 5.52 Å². The summed E-state index contributed by atoms with van der Waals surface area (Å²) in [5, 5.41) is 11.8. The van der Waals surface area contributed by atoms with E-state index >= 15 is 0 Å². The summed E-state index contributed by atoms with van der Waals surface area (Å²) in [5.74, 6) is -0.935. The second-order valence-corrected chi connectivity index (χ2v) is 4.82. The van der Waals surface area contributed by atoms with Crippen LogP contribution in [-0.4, -0.2) is 10.3 Å². The normalized spacial score (nSPS) is 11.8. The van der Waals surface area contributed by atoms with Crippen LogP contribution in [0, 0.1) is 17.1 Å². The van der Waals surface area contributed by atoms with Crippen molar-refractivity contribution in [1.82, 2.24) is 9.72 Å². The highest BCUT2D eigenvalue weighted by Gasteiger charge is 2.18. The molecule has 0 aliphatic carbocycles. The van der Waals surface area contributed by atoms with Crippen LogP contribution in [0.2, 0.25) is 0 Å². The summed E-state index contributed by atoms with van der Waals surface area (Å²) in [4.78, 5) is 12.3. The Hall–Kier alpha value is -3.13. The molecule has 0 spiro atoms. The molecule has 1 N–H and O–H groups in total. The molecule has 4 nitrogen and oxygen atoms in total. The summed E-state index contributed by atoms with van der Waals surface area (Å²) in [5.41, 5.74) is 1.44. The van der Waals surface area contributed by atoms with Gasteiger partial charge in [-0.15, -0.1) is 0 Å². The summed E-state index contributed by atoms with van der Waals surface area (Å²) in [7, 11) is 0. The first-order valence-corrected chi connectivity index (χ1v) is 6.70. The molecule has 3 aromatic rings. The van der Waals surface area contributed by atoms with Crippen molar-refractivity contribution < 1.29 is 9.18 Å². The fourth-order valence-electron chi connectivity index (χ4n) is 2.28. The molecule has 2 aromatic heterocycles. The van der Waals surface area contributed by atoms with Crippen molar-refractivity contribution in [1.29, 1.82) is 5.26 Å². The third kappa shape index (κ3) is 2.54. The number of benzene rings is 1. The largest absolute Gasteiger partial charge is 0.332 e. The average Bonchev–Trinajstić information content (AvgIpc) is 2.97. The topological polar surface area (TPSA) is 57.3 Å². The van der Waals surface area contributed by atoms with Crippen LogP contribution in [0.4, 0.5) is 4.39 Å². The SMILES string of the molecule is N#CC(NC(=O)c1cc2ccccn2c1)c1ccccc1F. The molecule has 0 saturated carbocycles. The lowest BCUT2D eigenvalue weighted by molar-refractivity contribution is 0.0945. The van der Waals surface area contributed by atoms with Gasteiger partial charge in [-0.2, -0.15) is 5.26 Å². The Morgan fingerprint density at radius 3 is 2.73 bits per heavy atom. The fraction of sp³-hybridized carbons (Fsp3) is 0.0588. The second-order valence-electron chi connectivity index (χ2n) is 4.82. The lowest BCUT2D eigenvalue weighted by Crippen LogP contribution is -2.27. The van der Waals surface area contributed by atoms with Crippen LogP contribution in [-0.2, 0) is 0 Å². The lowest BCUT2D eigenvalue weighted by Gasteiger charge is -2.11. The molecule has 0 radical (unpaired) electrons. The van der Waals surface area contributed by atoms with E-state index in [9.17, 15) is 14.4 Å². The maximum atomic E-state index is 13.7. The standard InChI is InChI=1S/C17H12FN3O/c18-15-7-2-1-6-14(15)16(10-19)20-17(22)12-9-13-5-3-4-8-21(13)11-12/h1-9,11,16H,(H,20,22). The van der Waals surface area contributed by atoms with Crippen molar-refractivity contribution >= 4 is 11.4 Å². The minimum absolute atomic E-state index is 0.155. The summed E-state index contributed by atoms with van der Waals surface area (Å²) in [6.07, 6.45) is 3.49. The summed E-state index contributed by atoms with van der Waals surface area (Å²) < 4.78 is 15.5. The van der Waals surface area contributed by atoms with Crippen molar-refractivity contribution in [3.8, 4) is 6.07 Å². The predicted octanol–water partition coefficient (Wildman–Crippen LogP) is 3.07. The van der Waals surface area contributed by atoms with Crippen LogP contribution < -0.4 is 5.32 Å². The zero-order valence-electron chi connectivity index (χ0n) is 11.5. The highest BCUT2D eigenvalue weighted by atomic mass is 19.1. The first kappa shape index (κ1) is 13.8. The number of halogens is 1. The molecule has 22 heavy (non-hydrogen) atoms. The zero-order chi connectivity index (χ0) is 15.5. The lowest BCUT2D eigenvalue weighted by atomic mass is 10.1. The Kier molecular flexibility index (Phi) is 3.58. The van der Waals surface area contributed by atoms with Gasteiger partial charge in [-0.05, 0) is 24.3 Å². The van der Waals surface area contributed by atoms with E-state index < -0.39 is 17.8 Å². The molecule has 2 heterocycles. The highest BCUT2D eigenvalue weighted by molar-refractivity contribution is 5.96. The number of pyridine rings is 1. The summed E-state index contributed by atoms with van der Waals surface area (Å²) in [6.45, 7) is 0. The van der Waals surface area contributed by atoms with E-state index in [1.54, 1.807) is 22.7 Å². The van der Waals surface area contributed by atoms with Crippen molar-refractivity contribution in [2.75, 3.05) is 0 Å². The highest BCUT2D eigenvalue weighted by Crippen LogP contribution is 2.17. The van der Waals surface area contributed by atoms with Gasteiger partial charge in [-0.3, -0.25) is 4.79 Å². The number of hydrogen-bond acceptors (Lipinski definition) is 2. The van der Waals surface area contributed by atoms with Gasteiger partial charge in [-0.1, -0.05) is 24.3 Å².